The standard InChI is InChI=1S/C11H22ClN3/c1-4-5-6-7-8-15-11(12)14(9-13-15)10(2)3/h9-11H,4-8H2,1-3H3. The van der Waals surface area contributed by atoms with Crippen LogP contribution in [0.25, 0.3) is 0 Å². The van der Waals surface area contributed by atoms with E-state index in [1.807, 2.05) is 11.3 Å². The summed E-state index contributed by atoms with van der Waals surface area (Å²) >= 11 is 6.28. The van der Waals surface area contributed by atoms with Gasteiger partial charge in [-0.25, -0.2) is 0 Å². The maximum atomic E-state index is 6.28. The summed E-state index contributed by atoms with van der Waals surface area (Å²) < 4.78 is 0. The zero-order chi connectivity index (χ0) is 11.3. The van der Waals surface area contributed by atoms with Crippen molar-refractivity contribution in [3.63, 3.8) is 0 Å². The Morgan fingerprint density at radius 2 is 2.07 bits per heavy atom. The summed E-state index contributed by atoms with van der Waals surface area (Å²) in [6.07, 6.45) is 6.88. The molecule has 0 saturated heterocycles. The van der Waals surface area contributed by atoms with E-state index in [0.717, 1.165) is 6.54 Å². The lowest BCUT2D eigenvalue weighted by Gasteiger charge is -2.28. The molecule has 3 nitrogen and oxygen atoms in total. The predicted octanol–water partition coefficient (Wildman–Crippen LogP) is 3.06. The Morgan fingerprint density at radius 1 is 1.33 bits per heavy atom. The second-order valence-corrected chi connectivity index (χ2v) is 4.70. The van der Waals surface area contributed by atoms with Crippen LogP contribution in [0.15, 0.2) is 5.10 Å². The van der Waals surface area contributed by atoms with Gasteiger partial charge in [-0.2, -0.15) is 5.10 Å². The summed E-state index contributed by atoms with van der Waals surface area (Å²) in [5.74, 6) is 0. The molecule has 0 N–H and O–H groups in total. The number of unbranched alkanes of at least 4 members (excludes halogenated alkanes) is 3. The number of alkyl halides is 1. The number of rotatable bonds is 6. The molecule has 0 amide bonds. The molecule has 4 heteroatoms. The van der Waals surface area contributed by atoms with Gasteiger partial charge in [0, 0.05) is 12.6 Å². The molecule has 88 valence electrons. The van der Waals surface area contributed by atoms with Crippen LogP contribution in [0.5, 0.6) is 0 Å². The van der Waals surface area contributed by atoms with Crippen molar-refractivity contribution in [2.75, 3.05) is 6.54 Å². The molecule has 1 unspecified atom stereocenters. The highest BCUT2D eigenvalue weighted by molar-refractivity contribution is 6.21. The zero-order valence-corrected chi connectivity index (χ0v) is 10.7. The van der Waals surface area contributed by atoms with Crippen molar-refractivity contribution in [1.82, 2.24) is 9.91 Å². The third kappa shape index (κ3) is 3.56. The van der Waals surface area contributed by atoms with Gasteiger partial charge in [-0.05, 0) is 20.3 Å². The van der Waals surface area contributed by atoms with E-state index in [2.05, 4.69) is 30.8 Å². The molecule has 0 radical (unpaired) electrons. The van der Waals surface area contributed by atoms with Gasteiger partial charge in [0.25, 0.3) is 0 Å². The molecular formula is C11H22ClN3. The topological polar surface area (TPSA) is 18.8 Å². The van der Waals surface area contributed by atoms with Crippen molar-refractivity contribution in [2.24, 2.45) is 5.10 Å². The van der Waals surface area contributed by atoms with Gasteiger partial charge in [0.2, 0.25) is 0 Å². The first-order valence-corrected chi connectivity index (χ1v) is 6.32. The van der Waals surface area contributed by atoms with Crippen molar-refractivity contribution in [2.45, 2.75) is 58.1 Å². The fourth-order valence-corrected chi connectivity index (χ4v) is 2.06. The fraction of sp³-hybridized carbons (Fsp3) is 0.909. The zero-order valence-electron chi connectivity index (χ0n) is 9.99. The number of hydrazone groups is 1. The van der Waals surface area contributed by atoms with E-state index >= 15 is 0 Å². The first-order valence-electron chi connectivity index (χ1n) is 5.89. The number of hydrogen-bond donors (Lipinski definition) is 0. The van der Waals surface area contributed by atoms with Gasteiger partial charge >= 0.3 is 0 Å². The highest BCUT2D eigenvalue weighted by atomic mass is 35.5. The van der Waals surface area contributed by atoms with Crippen LogP contribution in [0.1, 0.15) is 46.5 Å². The molecule has 0 aliphatic carbocycles. The van der Waals surface area contributed by atoms with E-state index in [1.165, 1.54) is 25.7 Å². The molecule has 1 heterocycles. The van der Waals surface area contributed by atoms with Crippen molar-refractivity contribution in [3.8, 4) is 0 Å². The Bertz CT molecular complexity index is 206. The first-order chi connectivity index (χ1) is 7.16. The van der Waals surface area contributed by atoms with Gasteiger partial charge in [-0.3, -0.25) is 5.01 Å². The Hall–Kier alpha value is -0.440. The van der Waals surface area contributed by atoms with Gasteiger partial charge < -0.3 is 4.90 Å². The number of hydrogen-bond acceptors (Lipinski definition) is 3. The van der Waals surface area contributed by atoms with E-state index in [9.17, 15) is 0 Å². The van der Waals surface area contributed by atoms with E-state index in [-0.39, 0.29) is 5.62 Å². The molecule has 1 atom stereocenters. The van der Waals surface area contributed by atoms with Crippen LogP contribution < -0.4 is 0 Å². The largest absolute Gasteiger partial charge is 0.324 e. The van der Waals surface area contributed by atoms with Gasteiger partial charge in [0.15, 0.2) is 5.62 Å². The monoisotopic (exact) mass is 231 g/mol. The van der Waals surface area contributed by atoms with E-state index in [4.69, 9.17) is 11.6 Å². The first kappa shape index (κ1) is 12.6. The normalized spacial score (nSPS) is 20.7. The summed E-state index contributed by atoms with van der Waals surface area (Å²) in [5, 5.41) is 6.29. The molecule has 0 spiro atoms. The van der Waals surface area contributed by atoms with Crippen LogP contribution in [0.2, 0.25) is 0 Å². The summed E-state index contributed by atoms with van der Waals surface area (Å²) in [7, 11) is 0. The smallest absolute Gasteiger partial charge is 0.196 e. The quantitative estimate of drug-likeness (QED) is 0.398. The summed E-state index contributed by atoms with van der Waals surface area (Å²) in [4.78, 5) is 2.07. The lowest BCUT2D eigenvalue weighted by Crippen LogP contribution is -2.39. The minimum absolute atomic E-state index is 0.0911. The minimum Gasteiger partial charge on any atom is -0.324 e. The Labute approximate surface area is 98.1 Å². The third-order valence-corrected chi connectivity index (χ3v) is 3.11. The molecule has 0 aromatic rings. The number of nitrogens with zero attached hydrogens (tertiary/aromatic N) is 3. The average Bonchev–Trinajstić information content (AvgIpc) is 2.55. The van der Waals surface area contributed by atoms with Crippen LogP contribution in [0.4, 0.5) is 0 Å². The van der Waals surface area contributed by atoms with E-state index < -0.39 is 0 Å². The Morgan fingerprint density at radius 3 is 2.60 bits per heavy atom. The second-order valence-electron chi connectivity index (χ2n) is 4.31. The number of halogens is 1. The van der Waals surface area contributed by atoms with Crippen LogP contribution in [-0.4, -0.2) is 34.5 Å². The summed E-state index contributed by atoms with van der Waals surface area (Å²) in [5.41, 5.74) is -0.0911. The third-order valence-electron chi connectivity index (χ3n) is 2.66. The van der Waals surface area contributed by atoms with Gasteiger partial charge in [0.1, 0.15) is 6.34 Å². The molecule has 15 heavy (non-hydrogen) atoms. The molecule has 1 aliphatic heterocycles. The highest BCUT2D eigenvalue weighted by Crippen LogP contribution is 2.19. The molecule has 0 saturated carbocycles. The maximum absolute atomic E-state index is 6.28. The molecule has 0 aromatic carbocycles. The van der Waals surface area contributed by atoms with Crippen molar-refractivity contribution in [3.05, 3.63) is 0 Å². The summed E-state index contributed by atoms with van der Waals surface area (Å²) in [6, 6.07) is 0.414. The molecule has 0 fully saturated rings. The van der Waals surface area contributed by atoms with Crippen LogP contribution in [0.3, 0.4) is 0 Å². The molecule has 1 rings (SSSR count). The lowest BCUT2D eigenvalue weighted by atomic mass is 10.2. The van der Waals surface area contributed by atoms with Crippen LogP contribution in [-0.2, 0) is 0 Å². The van der Waals surface area contributed by atoms with Crippen LogP contribution in [0, 0.1) is 0 Å². The van der Waals surface area contributed by atoms with Gasteiger partial charge in [-0.1, -0.05) is 37.8 Å². The molecular weight excluding hydrogens is 210 g/mol. The highest BCUT2D eigenvalue weighted by Gasteiger charge is 2.26. The fourth-order valence-electron chi connectivity index (χ4n) is 1.63. The predicted molar refractivity (Wildman–Crippen MR) is 66.0 cm³/mol. The van der Waals surface area contributed by atoms with Crippen molar-refractivity contribution in [1.29, 1.82) is 0 Å². The van der Waals surface area contributed by atoms with Crippen molar-refractivity contribution < 1.29 is 0 Å². The van der Waals surface area contributed by atoms with Gasteiger partial charge in [-0.15, -0.1) is 0 Å². The maximum Gasteiger partial charge on any atom is 0.196 e. The molecule has 1 aliphatic rings. The Kier molecular flexibility index (Phi) is 5.23. The summed E-state index contributed by atoms with van der Waals surface area (Å²) in [6.45, 7) is 7.44. The lowest BCUT2D eigenvalue weighted by molar-refractivity contribution is 0.175. The molecule has 0 bridgehead atoms. The average molecular weight is 232 g/mol. The van der Waals surface area contributed by atoms with Gasteiger partial charge in [0.05, 0.1) is 0 Å². The Balaban J connectivity index is 2.25. The van der Waals surface area contributed by atoms with Crippen molar-refractivity contribution >= 4 is 17.9 Å². The SMILES string of the molecule is CCCCCCN1N=CN(C(C)C)C1Cl. The second kappa shape index (κ2) is 6.21. The van der Waals surface area contributed by atoms with E-state index in [1.54, 1.807) is 0 Å². The molecule has 0 aromatic heterocycles. The minimum atomic E-state index is -0.0911. The van der Waals surface area contributed by atoms with E-state index in [0.29, 0.717) is 6.04 Å². The van der Waals surface area contributed by atoms with Crippen LogP contribution >= 0.6 is 11.6 Å².